The molecule has 0 saturated heterocycles. The SMILES string of the molecule is CCc1cc(CC(C)(O)CCNCC(C)C)n(C)n1. The Morgan fingerprint density at radius 1 is 1.47 bits per heavy atom. The van der Waals surface area contributed by atoms with E-state index in [4.69, 9.17) is 0 Å². The van der Waals surface area contributed by atoms with Crippen molar-refractivity contribution < 1.29 is 5.11 Å². The summed E-state index contributed by atoms with van der Waals surface area (Å²) in [5, 5.41) is 18.3. The summed E-state index contributed by atoms with van der Waals surface area (Å²) in [7, 11) is 1.95. The van der Waals surface area contributed by atoms with Crippen LogP contribution in [0.1, 0.15) is 45.5 Å². The lowest BCUT2D eigenvalue weighted by atomic mass is 9.96. The minimum absolute atomic E-state index is 0.647. The number of nitrogens with zero attached hydrogens (tertiary/aromatic N) is 2. The maximum absolute atomic E-state index is 10.5. The molecule has 110 valence electrons. The molecule has 2 N–H and O–H groups in total. The maximum Gasteiger partial charge on any atom is 0.0686 e. The highest BCUT2D eigenvalue weighted by molar-refractivity contribution is 5.12. The molecule has 0 aliphatic heterocycles. The first-order valence-electron chi connectivity index (χ1n) is 7.29. The van der Waals surface area contributed by atoms with Gasteiger partial charge in [-0.25, -0.2) is 0 Å². The van der Waals surface area contributed by atoms with Crippen molar-refractivity contribution in [1.82, 2.24) is 15.1 Å². The molecule has 1 rings (SSSR count). The molecule has 0 aliphatic rings. The van der Waals surface area contributed by atoms with Gasteiger partial charge in [-0.2, -0.15) is 5.10 Å². The van der Waals surface area contributed by atoms with Gasteiger partial charge in [-0.05, 0) is 44.8 Å². The van der Waals surface area contributed by atoms with Crippen molar-refractivity contribution >= 4 is 0 Å². The summed E-state index contributed by atoms with van der Waals surface area (Å²) in [6, 6.07) is 2.09. The van der Waals surface area contributed by atoms with Crippen LogP contribution >= 0.6 is 0 Å². The van der Waals surface area contributed by atoms with Crippen molar-refractivity contribution in [3.8, 4) is 0 Å². The quantitative estimate of drug-likeness (QED) is 0.707. The van der Waals surface area contributed by atoms with Crippen LogP contribution < -0.4 is 5.32 Å². The Morgan fingerprint density at radius 2 is 2.16 bits per heavy atom. The van der Waals surface area contributed by atoms with E-state index in [2.05, 4.69) is 37.3 Å². The Balaban J connectivity index is 2.46. The molecule has 1 atom stereocenters. The second-order valence-electron chi connectivity index (χ2n) is 6.13. The van der Waals surface area contributed by atoms with Gasteiger partial charge in [-0.15, -0.1) is 0 Å². The van der Waals surface area contributed by atoms with Crippen LogP contribution in [0.4, 0.5) is 0 Å². The van der Waals surface area contributed by atoms with Gasteiger partial charge in [0.25, 0.3) is 0 Å². The molecule has 0 aromatic carbocycles. The molecule has 0 spiro atoms. The lowest BCUT2D eigenvalue weighted by Crippen LogP contribution is -2.33. The van der Waals surface area contributed by atoms with E-state index in [1.807, 2.05) is 18.7 Å². The Hall–Kier alpha value is -0.870. The van der Waals surface area contributed by atoms with Crippen LogP contribution in [-0.2, 0) is 19.9 Å². The summed E-state index contributed by atoms with van der Waals surface area (Å²) < 4.78 is 1.88. The molecule has 0 bridgehead atoms. The van der Waals surface area contributed by atoms with Gasteiger partial charge in [0.05, 0.1) is 11.3 Å². The summed E-state index contributed by atoms with van der Waals surface area (Å²) >= 11 is 0. The monoisotopic (exact) mass is 267 g/mol. The molecule has 0 fully saturated rings. The van der Waals surface area contributed by atoms with Gasteiger partial charge >= 0.3 is 0 Å². The molecule has 4 heteroatoms. The van der Waals surface area contributed by atoms with Crippen molar-refractivity contribution in [1.29, 1.82) is 0 Å². The van der Waals surface area contributed by atoms with E-state index >= 15 is 0 Å². The number of rotatable bonds is 8. The standard InChI is InChI=1S/C15H29N3O/c1-6-13-9-14(18(5)17-13)10-15(4,19)7-8-16-11-12(2)3/h9,12,16,19H,6-8,10-11H2,1-5H3. The summed E-state index contributed by atoms with van der Waals surface area (Å²) in [5.41, 5.74) is 1.51. The first-order valence-corrected chi connectivity index (χ1v) is 7.29. The summed E-state index contributed by atoms with van der Waals surface area (Å²) in [4.78, 5) is 0. The van der Waals surface area contributed by atoms with Gasteiger partial charge < -0.3 is 10.4 Å². The topological polar surface area (TPSA) is 50.1 Å². The fraction of sp³-hybridized carbons (Fsp3) is 0.800. The molecular formula is C15H29N3O. The first-order chi connectivity index (χ1) is 8.84. The molecular weight excluding hydrogens is 238 g/mol. The molecule has 0 aliphatic carbocycles. The molecule has 1 unspecified atom stereocenters. The van der Waals surface area contributed by atoms with Crippen molar-refractivity contribution in [3.63, 3.8) is 0 Å². The summed E-state index contributed by atoms with van der Waals surface area (Å²) in [6.07, 6.45) is 2.35. The highest BCUT2D eigenvalue weighted by Gasteiger charge is 2.22. The zero-order valence-corrected chi connectivity index (χ0v) is 13.0. The maximum atomic E-state index is 10.5. The van der Waals surface area contributed by atoms with Gasteiger partial charge in [-0.3, -0.25) is 4.68 Å². The van der Waals surface area contributed by atoms with Crippen LogP contribution in [0.15, 0.2) is 6.07 Å². The Kier molecular flexibility index (Phi) is 6.01. The van der Waals surface area contributed by atoms with Gasteiger partial charge in [0.1, 0.15) is 0 Å². The lowest BCUT2D eigenvalue weighted by molar-refractivity contribution is 0.0495. The molecule has 0 amide bonds. The predicted molar refractivity (Wildman–Crippen MR) is 79.2 cm³/mol. The van der Waals surface area contributed by atoms with E-state index in [1.165, 1.54) is 0 Å². The minimum atomic E-state index is -0.678. The molecule has 4 nitrogen and oxygen atoms in total. The third-order valence-electron chi connectivity index (χ3n) is 3.34. The van der Waals surface area contributed by atoms with Crippen LogP contribution in [0.5, 0.6) is 0 Å². The molecule has 0 saturated carbocycles. The smallest absolute Gasteiger partial charge is 0.0686 e. The zero-order chi connectivity index (χ0) is 14.5. The van der Waals surface area contributed by atoms with Crippen LogP contribution in [-0.4, -0.2) is 33.6 Å². The Labute approximate surface area is 117 Å². The van der Waals surface area contributed by atoms with Crippen molar-refractivity contribution in [3.05, 3.63) is 17.5 Å². The fourth-order valence-electron chi connectivity index (χ4n) is 2.14. The van der Waals surface area contributed by atoms with E-state index in [9.17, 15) is 5.11 Å². The van der Waals surface area contributed by atoms with Crippen molar-refractivity contribution in [2.24, 2.45) is 13.0 Å². The van der Waals surface area contributed by atoms with Crippen molar-refractivity contribution in [2.75, 3.05) is 13.1 Å². The number of nitrogens with one attached hydrogen (secondary N) is 1. The molecule has 19 heavy (non-hydrogen) atoms. The van der Waals surface area contributed by atoms with E-state index in [0.717, 1.165) is 37.3 Å². The third kappa shape index (κ3) is 5.74. The van der Waals surface area contributed by atoms with Gasteiger partial charge in [0.15, 0.2) is 0 Å². The number of aliphatic hydroxyl groups is 1. The highest BCUT2D eigenvalue weighted by atomic mass is 16.3. The number of hydrogen-bond acceptors (Lipinski definition) is 3. The van der Waals surface area contributed by atoms with Gasteiger partial charge in [0.2, 0.25) is 0 Å². The molecule has 0 radical (unpaired) electrons. The normalized spacial score (nSPS) is 14.9. The summed E-state index contributed by atoms with van der Waals surface area (Å²) in [6.45, 7) is 10.2. The molecule has 1 aromatic rings. The van der Waals surface area contributed by atoms with Gasteiger partial charge in [-0.1, -0.05) is 20.8 Å². The number of aryl methyl sites for hydroxylation is 2. The lowest BCUT2D eigenvalue weighted by Gasteiger charge is -2.23. The second kappa shape index (κ2) is 7.06. The third-order valence-corrected chi connectivity index (χ3v) is 3.34. The fourth-order valence-corrected chi connectivity index (χ4v) is 2.14. The minimum Gasteiger partial charge on any atom is -0.390 e. The van der Waals surface area contributed by atoms with Crippen LogP contribution in [0.2, 0.25) is 0 Å². The van der Waals surface area contributed by atoms with E-state index in [0.29, 0.717) is 12.3 Å². The predicted octanol–water partition coefficient (Wildman–Crippen LogP) is 1.91. The number of aromatic nitrogens is 2. The Morgan fingerprint density at radius 3 is 2.68 bits per heavy atom. The van der Waals surface area contributed by atoms with E-state index < -0.39 is 5.60 Å². The Bertz CT molecular complexity index is 383. The van der Waals surface area contributed by atoms with E-state index in [-0.39, 0.29) is 0 Å². The second-order valence-corrected chi connectivity index (χ2v) is 6.13. The van der Waals surface area contributed by atoms with Crippen LogP contribution in [0, 0.1) is 5.92 Å². The van der Waals surface area contributed by atoms with E-state index in [1.54, 1.807) is 0 Å². The van der Waals surface area contributed by atoms with Crippen LogP contribution in [0.3, 0.4) is 0 Å². The summed E-state index contributed by atoms with van der Waals surface area (Å²) in [5.74, 6) is 0.647. The molecule has 1 aromatic heterocycles. The average Bonchev–Trinajstić information content (AvgIpc) is 2.65. The first kappa shape index (κ1) is 16.2. The zero-order valence-electron chi connectivity index (χ0n) is 13.0. The molecule has 1 heterocycles. The number of hydrogen-bond donors (Lipinski definition) is 2. The van der Waals surface area contributed by atoms with Crippen molar-refractivity contribution in [2.45, 2.75) is 52.6 Å². The highest BCUT2D eigenvalue weighted by Crippen LogP contribution is 2.17. The van der Waals surface area contributed by atoms with Gasteiger partial charge in [0, 0.05) is 19.2 Å². The largest absolute Gasteiger partial charge is 0.390 e. The average molecular weight is 267 g/mol. The van der Waals surface area contributed by atoms with Crippen LogP contribution in [0.25, 0.3) is 0 Å².